The van der Waals surface area contributed by atoms with Gasteiger partial charge in [0.1, 0.15) is 0 Å². The Balaban J connectivity index is 2.65. The van der Waals surface area contributed by atoms with Gasteiger partial charge in [-0.25, -0.2) is 0 Å². The fourth-order valence-electron chi connectivity index (χ4n) is 1.81. The summed E-state index contributed by atoms with van der Waals surface area (Å²) in [7, 11) is -0.926. The summed E-state index contributed by atoms with van der Waals surface area (Å²) < 4.78 is 0. The molecule has 0 bridgehead atoms. The highest BCUT2D eigenvalue weighted by molar-refractivity contribution is 6.81. The maximum absolute atomic E-state index is 2.60. The Kier molecular flexibility index (Phi) is 2.58. The van der Waals surface area contributed by atoms with Crippen LogP contribution in [0.4, 0.5) is 0 Å². The SMILES string of the molecule is CC1CCCC1=C[Si](C)(C)C. The van der Waals surface area contributed by atoms with Crippen molar-refractivity contribution in [2.24, 2.45) is 5.92 Å². The van der Waals surface area contributed by atoms with E-state index in [0.717, 1.165) is 5.92 Å². The molecule has 1 unspecified atom stereocenters. The molecular formula is C10H20Si. The van der Waals surface area contributed by atoms with Gasteiger partial charge in [0, 0.05) is 0 Å². The molecule has 0 aromatic carbocycles. The molecule has 0 spiro atoms. The van der Waals surface area contributed by atoms with Crippen LogP contribution in [0.2, 0.25) is 19.6 Å². The van der Waals surface area contributed by atoms with Crippen molar-refractivity contribution < 1.29 is 0 Å². The van der Waals surface area contributed by atoms with Gasteiger partial charge in [-0.15, -0.1) is 0 Å². The Bertz CT molecular complexity index is 162. The van der Waals surface area contributed by atoms with Crippen LogP contribution in [-0.4, -0.2) is 8.07 Å². The van der Waals surface area contributed by atoms with Crippen LogP contribution in [0.15, 0.2) is 11.3 Å². The number of hydrogen-bond acceptors (Lipinski definition) is 0. The van der Waals surface area contributed by atoms with E-state index in [0.29, 0.717) is 0 Å². The van der Waals surface area contributed by atoms with Gasteiger partial charge >= 0.3 is 0 Å². The van der Waals surface area contributed by atoms with E-state index >= 15 is 0 Å². The minimum atomic E-state index is -0.926. The smallest absolute Gasteiger partial charge is 0.0686 e. The highest BCUT2D eigenvalue weighted by atomic mass is 28.3. The predicted octanol–water partition coefficient (Wildman–Crippen LogP) is 3.61. The zero-order chi connectivity index (χ0) is 8.48. The molecule has 0 nitrogen and oxygen atoms in total. The Morgan fingerprint density at radius 3 is 2.36 bits per heavy atom. The van der Waals surface area contributed by atoms with Gasteiger partial charge in [-0.3, -0.25) is 0 Å². The average Bonchev–Trinajstić information content (AvgIpc) is 2.12. The Morgan fingerprint density at radius 1 is 1.36 bits per heavy atom. The van der Waals surface area contributed by atoms with Crippen LogP contribution >= 0.6 is 0 Å². The lowest BCUT2D eigenvalue weighted by Crippen LogP contribution is -2.17. The third kappa shape index (κ3) is 2.82. The maximum atomic E-state index is 2.60. The second kappa shape index (κ2) is 3.14. The molecule has 1 aliphatic carbocycles. The lowest BCUT2D eigenvalue weighted by Gasteiger charge is -2.13. The molecule has 0 aromatic rings. The van der Waals surface area contributed by atoms with Crippen molar-refractivity contribution in [2.75, 3.05) is 0 Å². The van der Waals surface area contributed by atoms with E-state index in [-0.39, 0.29) is 0 Å². The van der Waals surface area contributed by atoms with E-state index in [1.165, 1.54) is 19.3 Å². The Morgan fingerprint density at radius 2 is 2.00 bits per heavy atom. The highest BCUT2D eigenvalue weighted by Crippen LogP contribution is 2.31. The van der Waals surface area contributed by atoms with Crippen LogP contribution < -0.4 is 0 Å². The lowest BCUT2D eigenvalue weighted by molar-refractivity contribution is 0.696. The van der Waals surface area contributed by atoms with Gasteiger partial charge in [0.25, 0.3) is 0 Å². The summed E-state index contributed by atoms with van der Waals surface area (Å²) in [5.41, 5.74) is 4.36. The summed E-state index contributed by atoms with van der Waals surface area (Å²) in [6.07, 6.45) is 4.24. The van der Waals surface area contributed by atoms with E-state index in [9.17, 15) is 0 Å². The normalized spacial score (nSPS) is 29.8. The van der Waals surface area contributed by atoms with Gasteiger partial charge in [0.2, 0.25) is 0 Å². The molecule has 0 amide bonds. The van der Waals surface area contributed by atoms with Gasteiger partial charge in [0.05, 0.1) is 8.07 Å². The summed E-state index contributed by atoms with van der Waals surface area (Å²) in [5.74, 6) is 0.890. The minimum absolute atomic E-state index is 0.890. The van der Waals surface area contributed by atoms with Crippen LogP contribution in [0.5, 0.6) is 0 Å². The molecule has 11 heavy (non-hydrogen) atoms. The molecule has 1 aliphatic rings. The molecule has 0 radical (unpaired) electrons. The maximum Gasteiger partial charge on any atom is 0.0686 e. The van der Waals surface area contributed by atoms with Crippen LogP contribution in [0.25, 0.3) is 0 Å². The largest absolute Gasteiger partial charge is 0.0955 e. The van der Waals surface area contributed by atoms with Crippen molar-refractivity contribution in [3.8, 4) is 0 Å². The molecular weight excluding hydrogens is 148 g/mol. The standard InChI is InChI=1S/C10H20Si/c1-9-6-5-7-10(9)8-11(2,3)4/h8-9H,5-7H2,1-4H3. The van der Waals surface area contributed by atoms with E-state index in [1.54, 1.807) is 5.57 Å². The van der Waals surface area contributed by atoms with Crippen LogP contribution in [0.3, 0.4) is 0 Å². The first-order valence-electron chi connectivity index (χ1n) is 4.71. The molecule has 64 valence electrons. The topological polar surface area (TPSA) is 0 Å². The second-order valence-corrected chi connectivity index (χ2v) is 9.90. The van der Waals surface area contributed by atoms with Crippen molar-refractivity contribution in [1.82, 2.24) is 0 Å². The van der Waals surface area contributed by atoms with Gasteiger partial charge < -0.3 is 0 Å². The fourth-order valence-corrected chi connectivity index (χ4v) is 3.36. The molecule has 0 N–H and O–H groups in total. The zero-order valence-corrected chi connectivity index (χ0v) is 9.28. The molecule has 0 heterocycles. The molecule has 1 saturated carbocycles. The Hall–Kier alpha value is -0.0431. The monoisotopic (exact) mass is 168 g/mol. The summed E-state index contributed by atoms with van der Waals surface area (Å²) in [4.78, 5) is 0. The van der Waals surface area contributed by atoms with E-state index in [2.05, 4.69) is 32.3 Å². The molecule has 1 atom stereocenters. The van der Waals surface area contributed by atoms with Gasteiger partial charge in [0.15, 0.2) is 0 Å². The number of rotatable bonds is 1. The van der Waals surface area contributed by atoms with Crippen LogP contribution in [0.1, 0.15) is 26.2 Å². The quantitative estimate of drug-likeness (QED) is 0.525. The molecule has 0 aliphatic heterocycles. The van der Waals surface area contributed by atoms with Crippen molar-refractivity contribution in [1.29, 1.82) is 0 Å². The van der Waals surface area contributed by atoms with Crippen molar-refractivity contribution in [3.63, 3.8) is 0 Å². The van der Waals surface area contributed by atoms with Crippen LogP contribution in [-0.2, 0) is 0 Å². The predicted molar refractivity (Wildman–Crippen MR) is 54.4 cm³/mol. The first-order valence-corrected chi connectivity index (χ1v) is 8.28. The fraction of sp³-hybridized carbons (Fsp3) is 0.800. The zero-order valence-electron chi connectivity index (χ0n) is 8.28. The van der Waals surface area contributed by atoms with Crippen LogP contribution in [0, 0.1) is 5.92 Å². The summed E-state index contributed by atoms with van der Waals surface area (Å²) in [6.45, 7) is 9.64. The molecule has 1 fully saturated rings. The van der Waals surface area contributed by atoms with E-state index in [1.807, 2.05) is 0 Å². The highest BCUT2D eigenvalue weighted by Gasteiger charge is 2.19. The molecule has 0 aromatic heterocycles. The van der Waals surface area contributed by atoms with Gasteiger partial charge in [-0.05, 0) is 25.2 Å². The Labute approximate surface area is 71.7 Å². The van der Waals surface area contributed by atoms with E-state index in [4.69, 9.17) is 0 Å². The first kappa shape index (κ1) is 9.05. The van der Waals surface area contributed by atoms with Gasteiger partial charge in [-0.2, -0.15) is 0 Å². The molecule has 0 saturated heterocycles. The first-order chi connectivity index (χ1) is 4.99. The van der Waals surface area contributed by atoms with E-state index < -0.39 is 8.07 Å². The number of hydrogen-bond donors (Lipinski definition) is 0. The summed E-state index contributed by atoms with van der Waals surface area (Å²) in [5, 5.41) is 0. The molecule has 1 rings (SSSR count). The molecule has 1 heteroatoms. The van der Waals surface area contributed by atoms with Crippen molar-refractivity contribution in [2.45, 2.75) is 45.8 Å². The summed E-state index contributed by atoms with van der Waals surface area (Å²) in [6, 6.07) is 0. The minimum Gasteiger partial charge on any atom is -0.0955 e. The third-order valence-corrected chi connectivity index (χ3v) is 3.59. The second-order valence-electron chi connectivity index (χ2n) is 4.88. The van der Waals surface area contributed by atoms with Crippen molar-refractivity contribution in [3.05, 3.63) is 11.3 Å². The van der Waals surface area contributed by atoms with Crippen molar-refractivity contribution >= 4 is 8.07 Å². The lowest BCUT2D eigenvalue weighted by atomic mass is 10.1. The number of allylic oxidation sites excluding steroid dienone is 1. The third-order valence-electron chi connectivity index (χ3n) is 2.35. The average molecular weight is 168 g/mol. The summed E-state index contributed by atoms with van der Waals surface area (Å²) >= 11 is 0. The van der Waals surface area contributed by atoms with Gasteiger partial charge in [-0.1, -0.05) is 37.8 Å².